The highest BCUT2D eigenvalue weighted by atomic mass is 16.6. The average molecular weight is 584 g/mol. The van der Waals surface area contributed by atoms with Crippen molar-refractivity contribution in [2.45, 2.75) is 57.5 Å². The summed E-state index contributed by atoms with van der Waals surface area (Å²) in [5.74, 6) is 1.67. The third-order valence-electron chi connectivity index (χ3n) is 9.56. The third-order valence-corrected chi connectivity index (χ3v) is 9.56. The maximum Gasteiger partial charge on any atom is 0.318 e. The van der Waals surface area contributed by atoms with Gasteiger partial charge in [-0.05, 0) is 44.3 Å². The minimum Gasteiger partial charge on any atom is -0.508 e. The maximum atomic E-state index is 10.5. The molecule has 226 valence electrons. The Kier molecular flexibility index (Phi) is 7.72. The number of epoxide rings is 1. The van der Waals surface area contributed by atoms with Gasteiger partial charge in [0.25, 0.3) is 0 Å². The van der Waals surface area contributed by atoms with Crippen LogP contribution in [0.3, 0.4) is 0 Å². The van der Waals surface area contributed by atoms with E-state index in [9.17, 15) is 10.4 Å². The number of likely N-dealkylation sites (tertiary alicyclic amines) is 1. The highest BCUT2D eigenvalue weighted by Crippen LogP contribution is 2.38. The summed E-state index contributed by atoms with van der Waals surface area (Å²) in [4.78, 5) is 19.4. The molecule has 5 heterocycles. The van der Waals surface area contributed by atoms with E-state index in [1.165, 1.54) is 0 Å². The first-order valence-corrected chi connectivity index (χ1v) is 15.7. The van der Waals surface area contributed by atoms with E-state index >= 15 is 0 Å². The molecule has 43 heavy (non-hydrogen) atoms. The fraction of sp³-hybridized carbons (Fsp3) is 0.545. The number of phenolic OH excluding ortho intramolecular Hbond substituents is 1. The summed E-state index contributed by atoms with van der Waals surface area (Å²) in [6.45, 7) is 8.64. The predicted molar refractivity (Wildman–Crippen MR) is 165 cm³/mol. The van der Waals surface area contributed by atoms with Crippen molar-refractivity contribution >= 4 is 22.3 Å². The molecule has 4 atom stereocenters. The van der Waals surface area contributed by atoms with Gasteiger partial charge in [-0.15, -0.1) is 0 Å². The number of aromatic hydroxyl groups is 1. The first-order chi connectivity index (χ1) is 21.0. The van der Waals surface area contributed by atoms with Crippen molar-refractivity contribution in [3.8, 4) is 17.8 Å². The molecule has 1 N–H and O–H groups in total. The van der Waals surface area contributed by atoms with Crippen molar-refractivity contribution in [3.63, 3.8) is 0 Å². The van der Waals surface area contributed by atoms with E-state index in [-0.39, 0.29) is 24.1 Å². The third kappa shape index (κ3) is 5.69. The van der Waals surface area contributed by atoms with Crippen LogP contribution in [0.2, 0.25) is 0 Å². The van der Waals surface area contributed by atoms with Gasteiger partial charge in [-0.1, -0.05) is 31.2 Å². The lowest BCUT2D eigenvalue weighted by Gasteiger charge is -2.42. The Labute approximate surface area is 253 Å². The monoisotopic (exact) mass is 583 g/mol. The topological polar surface area (TPSA) is 105 Å². The Balaban J connectivity index is 1.19. The van der Waals surface area contributed by atoms with E-state index in [0.717, 1.165) is 92.1 Å². The molecule has 3 unspecified atom stereocenters. The quantitative estimate of drug-likeness (QED) is 0.394. The Morgan fingerprint density at radius 2 is 1.98 bits per heavy atom. The van der Waals surface area contributed by atoms with Crippen LogP contribution in [0, 0.1) is 17.2 Å². The summed E-state index contributed by atoms with van der Waals surface area (Å²) in [5, 5.41) is 22.3. The lowest BCUT2D eigenvalue weighted by molar-refractivity contribution is 0.111. The second-order valence-electron chi connectivity index (χ2n) is 12.5. The zero-order chi connectivity index (χ0) is 29.5. The second kappa shape index (κ2) is 11.8. The lowest BCUT2D eigenvalue weighted by atomic mass is 10.0. The van der Waals surface area contributed by atoms with Gasteiger partial charge >= 0.3 is 6.01 Å². The number of benzene rings is 2. The van der Waals surface area contributed by atoms with Crippen LogP contribution in [0.25, 0.3) is 10.8 Å². The zero-order valence-corrected chi connectivity index (χ0v) is 25.2. The van der Waals surface area contributed by atoms with Crippen LogP contribution in [0.1, 0.15) is 37.4 Å². The van der Waals surface area contributed by atoms with E-state index < -0.39 is 0 Å². The molecule has 3 aromatic rings. The van der Waals surface area contributed by atoms with Crippen molar-refractivity contribution in [1.29, 1.82) is 5.26 Å². The predicted octanol–water partition coefficient (Wildman–Crippen LogP) is 3.77. The van der Waals surface area contributed by atoms with Crippen LogP contribution in [-0.4, -0.2) is 96.2 Å². The van der Waals surface area contributed by atoms with Gasteiger partial charge in [0, 0.05) is 67.4 Å². The Bertz CT molecular complexity index is 1530. The number of hydrogen-bond donors (Lipinski definition) is 1. The highest BCUT2D eigenvalue weighted by Gasteiger charge is 2.46. The van der Waals surface area contributed by atoms with Gasteiger partial charge in [0.1, 0.15) is 17.8 Å². The molecule has 4 aliphatic rings. The summed E-state index contributed by atoms with van der Waals surface area (Å²) < 4.78 is 12.3. The number of nitriles is 1. The molecule has 10 heteroatoms. The molecule has 2 aromatic carbocycles. The molecular formula is C33H41N7O3. The lowest BCUT2D eigenvalue weighted by Crippen LogP contribution is -2.55. The Morgan fingerprint density at radius 3 is 2.77 bits per heavy atom. The number of fused-ring (bicyclic) bond motifs is 2. The maximum absolute atomic E-state index is 10.5. The second-order valence-corrected chi connectivity index (χ2v) is 12.5. The summed E-state index contributed by atoms with van der Waals surface area (Å²) in [6.07, 6.45) is 3.75. The molecule has 3 saturated heterocycles. The largest absolute Gasteiger partial charge is 0.508 e. The summed E-state index contributed by atoms with van der Waals surface area (Å²) in [7, 11) is 2.15. The van der Waals surface area contributed by atoms with Crippen molar-refractivity contribution in [3.05, 3.63) is 47.7 Å². The molecule has 0 saturated carbocycles. The average Bonchev–Trinajstić information content (AvgIpc) is 3.69. The minimum absolute atomic E-state index is 0.0862. The number of nitrogens with zero attached hydrogens (tertiary/aromatic N) is 7. The van der Waals surface area contributed by atoms with Gasteiger partial charge < -0.3 is 29.3 Å². The van der Waals surface area contributed by atoms with Crippen molar-refractivity contribution < 1.29 is 14.6 Å². The molecule has 7 rings (SSSR count). The number of piperazine rings is 1. The van der Waals surface area contributed by atoms with Gasteiger partial charge in [0.15, 0.2) is 0 Å². The summed E-state index contributed by atoms with van der Waals surface area (Å²) >= 11 is 0. The Morgan fingerprint density at radius 1 is 1.09 bits per heavy atom. The molecule has 1 aromatic heterocycles. The standard InChI is InChI=1S/C33H41N7O3/c1-3-30-32(43-30)40-15-14-39(19-24(40)8-11-34)31-27-10-13-38(29-17-25(41)16-23-6-4-5-7-26(23)29)20-28(27)35-33(36-31)42-21-22-9-12-37(2)18-22/h4-7,16-17,22,24,30,32,41H,3,8-10,12-15,18-21H2,1-2H3/t22-,24?,30?,32?/m1/s1. The van der Waals surface area contributed by atoms with Crippen LogP contribution in [0.15, 0.2) is 36.4 Å². The van der Waals surface area contributed by atoms with E-state index in [0.29, 0.717) is 31.5 Å². The van der Waals surface area contributed by atoms with E-state index in [2.05, 4.69) is 45.7 Å². The molecule has 0 aliphatic carbocycles. The van der Waals surface area contributed by atoms with Crippen molar-refractivity contribution in [2.75, 3.05) is 62.7 Å². The van der Waals surface area contributed by atoms with Crippen LogP contribution in [-0.2, 0) is 17.7 Å². The van der Waals surface area contributed by atoms with Gasteiger partial charge in [0.05, 0.1) is 37.4 Å². The van der Waals surface area contributed by atoms with E-state index in [1.54, 1.807) is 0 Å². The summed E-state index contributed by atoms with van der Waals surface area (Å²) in [5.41, 5.74) is 3.14. The first kappa shape index (κ1) is 28.1. The normalized spacial score (nSPS) is 26.0. The summed E-state index contributed by atoms with van der Waals surface area (Å²) in [6, 6.07) is 14.8. The van der Waals surface area contributed by atoms with Crippen molar-refractivity contribution in [2.24, 2.45) is 5.92 Å². The van der Waals surface area contributed by atoms with Crippen LogP contribution >= 0.6 is 0 Å². The first-order valence-electron chi connectivity index (χ1n) is 15.7. The van der Waals surface area contributed by atoms with Gasteiger partial charge in [-0.2, -0.15) is 15.2 Å². The van der Waals surface area contributed by atoms with Crippen molar-refractivity contribution in [1.82, 2.24) is 19.8 Å². The fourth-order valence-corrected chi connectivity index (χ4v) is 7.22. The molecule has 0 bridgehead atoms. The number of rotatable bonds is 8. The van der Waals surface area contributed by atoms with Gasteiger partial charge in [0.2, 0.25) is 0 Å². The number of hydrogen-bond acceptors (Lipinski definition) is 10. The van der Waals surface area contributed by atoms with Crippen LogP contribution < -0.4 is 14.5 Å². The number of ether oxygens (including phenoxy) is 2. The van der Waals surface area contributed by atoms with Crippen LogP contribution in [0.5, 0.6) is 11.8 Å². The fourth-order valence-electron chi connectivity index (χ4n) is 7.22. The highest BCUT2D eigenvalue weighted by molar-refractivity contribution is 5.95. The van der Waals surface area contributed by atoms with Gasteiger partial charge in [-0.25, -0.2) is 0 Å². The van der Waals surface area contributed by atoms with E-state index in [1.807, 2.05) is 30.3 Å². The molecule has 0 spiro atoms. The SMILES string of the molecule is CCC1OC1N1CCN(c2nc(OC[C@@H]3CCN(C)C3)nc3c2CCN(c2cc(O)cc4ccccc24)C3)CC1CC#N. The zero-order valence-electron chi connectivity index (χ0n) is 25.2. The van der Waals surface area contributed by atoms with E-state index in [4.69, 9.17) is 19.4 Å². The number of anilines is 2. The minimum atomic E-state index is 0.0862. The molecule has 10 nitrogen and oxygen atoms in total. The smallest absolute Gasteiger partial charge is 0.318 e. The molecule has 4 aliphatic heterocycles. The number of aromatic nitrogens is 2. The van der Waals surface area contributed by atoms with Gasteiger partial charge in [-0.3, -0.25) is 4.90 Å². The Hall–Kier alpha value is -3.65. The molecule has 0 amide bonds. The number of phenols is 1. The molecular weight excluding hydrogens is 542 g/mol. The van der Waals surface area contributed by atoms with Crippen LogP contribution in [0.4, 0.5) is 11.5 Å². The molecule has 3 fully saturated rings. The molecule has 0 radical (unpaired) electrons.